The van der Waals surface area contributed by atoms with E-state index < -0.39 is 0 Å². The molecule has 1 fully saturated rings. The van der Waals surface area contributed by atoms with Gasteiger partial charge in [-0.15, -0.1) is 0 Å². The molecule has 1 atom stereocenters. The second kappa shape index (κ2) is 8.85. The van der Waals surface area contributed by atoms with Gasteiger partial charge in [0, 0.05) is 32.1 Å². The fourth-order valence-corrected chi connectivity index (χ4v) is 3.35. The molecule has 0 bridgehead atoms. The second-order valence-electron chi connectivity index (χ2n) is 7.11. The molecule has 5 heteroatoms. The van der Waals surface area contributed by atoms with Gasteiger partial charge in [-0.25, -0.2) is 0 Å². The van der Waals surface area contributed by atoms with E-state index in [1.54, 1.807) is 6.07 Å². The number of nitrogens with zero attached hydrogens (tertiary/aromatic N) is 1. The Bertz CT molecular complexity index is 913. The SMILES string of the molecule is O=C(CCC1CCOC1)c1cc(Cc2cccc(Oc3ccccc3)c2)on1. The van der Waals surface area contributed by atoms with Gasteiger partial charge in [0.25, 0.3) is 0 Å². The molecule has 144 valence electrons. The number of Topliss-reactive ketones (excluding diaryl/α,β-unsaturated/α-hetero) is 1. The fourth-order valence-electron chi connectivity index (χ4n) is 3.35. The van der Waals surface area contributed by atoms with Crippen LogP contribution in [0.25, 0.3) is 0 Å². The van der Waals surface area contributed by atoms with Crippen molar-refractivity contribution in [2.24, 2.45) is 5.92 Å². The predicted molar refractivity (Wildman–Crippen MR) is 105 cm³/mol. The maximum atomic E-state index is 12.3. The lowest BCUT2D eigenvalue weighted by atomic mass is 10.00. The lowest BCUT2D eigenvalue weighted by molar-refractivity contribution is 0.0962. The number of ether oxygens (including phenoxy) is 2. The number of carbonyl (C=O) groups excluding carboxylic acids is 1. The van der Waals surface area contributed by atoms with Gasteiger partial charge in [-0.05, 0) is 48.6 Å². The Hall–Kier alpha value is -2.92. The summed E-state index contributed by atoms with van der Waals surface area (Å²) in [6.45, 7) is 1.57. The van der Waals surface area contributed by atoms with E-state index >= 15 is 0 Å². The van der Waals surface area contributed by atoms with E-state index in [0.29, 0.717) is 30.2 Å². The minimum atomic E-state index is 0.0306. The smallest absolute Gasteiger partial charge is 0.184 e. The average Bonchev–Trinajstić information content (AvgIpc) is 3.39. The Balaban J connectivity index is 1.35. The lowest BCUT2D eigenvalue weighted by Crippen LogP contribution is -2.05. The van der Waals surface area contributed by atoms with Gasteiger partial charge in [-0.3, -0.25) is 4.79 Å². The van der Waals surface area contributed by atoms with Crippen LogP contribution >= 0.6 is 0 Å². The highest BCUT2D eigenvalue weighted by molar-refractivity contribution is 5.94. The summed E-state index contributed by atoms with van der Waals surface area (Å²) in [6, 6.07) is 19.2. The van der Waals surface area contributed by atoms with Gasteiger partial charge in [0.05, 0.1) is 0 Å². The van der Waals surface area contributed by atoms with Crippen LogP contribution in [-0.4, -0.2) is 24.2 Å². The molecule has 4 rings (SSSR count). The van der Waals surface area contributed by atoms with Gasteiger partial charge in [0.2, 0.25) is 0 Å². The number of aromatic nitrogens is 1. The predicted octanol–water partition coefficient (Wildman–Crippen LogP) is 5.06. The van der Waals surface area contributed by atoms with Gasteiger partial charge < -0.3 is 14.0 Å². The molecule has 1 aliphatic rings. The zero-order valence-electron chi connectivity index (χ0n) is 15.7. The quantitative estimate of drug-likeness (QED) is 0.514. The summed E-state index contributed by atoms with van der Waals surface area (Å²) in [6.07, 6.45) is 2.93. The molecule has 28 heavy (non-hydrogen) atoms. The third-order valence-corrected chi connectivity index (χ3v) is 4.90. The fraction of sp³-hybridized carbons (Fsp3) is 0.304. The number of rotatable bonds is 8. The van der Waals surface area contributed by atoms with E-state index in [4.69, 9.17) is 14.0 Å². The van der Waals surface area contributed by atoms with Gasteiger partial charge in [-0.2, -0.15) is 0 Å². The minimum Gasteiger partial charge on any atom is -0.457 e. The van der Waals surface area contributed by atoms with Crippen molar-refractivity contribution in [3.63, 3.8) is 0 Å². The molecule has 0 aliphatic carbocycles. The number of ketones is 1. The number of hydrogen-bond acceptors (Lipinski definition) is 5. The molecule has 0 saturated carbocycles. The van der Waals surface area contributed by atoms with Crippen LogP contribution in [0.5, 0.6) is 11.5 Å². The molecule has 2 aromatic carbocycles. The van der Waals surface area contributed by atoms with E-state index in [-0.39, 0.29) is 5.78 Å². The lowest BCUT2D eigenvalue weighted by Gasteiger charge is -2.06. The molecular weight excluding hydrogens is 354 g/mol. The van der Waals surface area contributed by atoms with Crippen LogP contribution in [0.1, 0.15) is 41.1 Å². The summed E-state index contributed by atoms with van der Waals surface area (Å²) in [5.74, 6) is 2.74. The van der Waals surface area contributed by atoms with E-state index in [1.807, 2.05) is 54.6 Å². The van der Waals surface area contributed by atoms with Crippen LogP contribution in [0.2, 0.25) is 0 Å². The first-order valence-corrected chi connectivity index (χ1v) is 9.64. The third-order valence-electron chi connectivity index (χ3n) is 4.90. The van der Waals surface area contributed by atoms with Crippen molar-refractivity contribution < 1.29 is 18.8 Å². The van der Waals surface area contributed by atoms with Crippen molar-refractivity contribution in [2.45, 2.75) is 25.7 Å². The highest BCUT2D eigenvalue weighted by atomic mass is 16.5. The van der Waals surface area contributed by atoms with Crippen LogP contribution in [0.3, 0.4) is 0 Å². The van der Waals surface area contributed by atoms with Crippen molar-refractivity contribution >= 4 is 5.78 Å². The molecule has 1 aliphatic heterocycles. The van der Waals surface area contributed by atoms with Crippen molar-refractivity contribution in [1.82, 2.24) is 5.16 Å². The minimum absolute atomic E-state index is 0.0306. The molecule has 0 N–H and O–H groups in total. The topological polar surface area (TPSA) is 61.6 Å². The van der Waals surface area contributed by atoms with Crippen LogP contribution in [0.15, 0.2) is 65.2 Å². The molecule has 1 aromatic heterocycles. The number of hydrogen-bond donors (Lipinski definition) is 0. The zero-order valence-corrected chi connectivity index (χ0v) is 15.7. The van der Waals surface area contributed by atoms with Crippen molar-refractivity contribution in [2.75, 3.05) is 13.2 Å². The standard InChI is InChI=1S/C23H23NO4/c25-23(10-9-17-11-12-26-16-17)22-15-21(28-24-22)14-18-5-4-8-20(13-18)27-19-6-2-1-3-7-19/h1-8,13,15,17H,9-12,14,16H2. The van der Waals surface area contributed by atoms with Crippen molar-refractivity contribution in [3.8, 4) is 11.5 Å². The van der Waals surface area contributed by atoms with Crippen LogP contribution in [-0.2, 0) is 11.2 Å². The average molecular weight is 377 g/mol. The first-order chi connectivity index (χ1) is 13.8. The van der Waals surface area contributed by atoms with Gasteiger partial charge in [0.1, 0.15) is 23.0 Å². The highest BCUT2D eigenvalue weighted by Crippen LogP contribution is 2.24. The summed E-state index contributed by atoms with van der Waals surface area (Å²) in [5, 5.41) is 3.96. The maximum absolute atomic E-state index is 12.3. The summed E-state index contributed by atoms with van der Waals surface area (Å²) in [4.78, 5) is 12.3. The first-order valence-electron chi connectivity index (χ1n) is 9.64. The Labute approximate surface area is 164 Å². The normalized spacial score (nSPS) is 16.2. The molecule has 3 aromatic rings. The van der Waals surface area contributed by atoms with Gasteiger partial charge in [-0.1, -0.05) is 35.5 Å². The molecule has 0 radical (unpaired) electrons. The molecule has 0 amide bonds. The summed E-state index contributed by atoms with van der Waals surface area (Å²) in [5.41, 5.74) is 1.44. The van der Waals surface area contributed by atoms with Crippen molar-refractivity contribution in [3.05, 3.63) is 77.7 Å². The first kappa shape index (κ1) is 18.4. The van der Waals surface area contributed by atoms with E-state index in [0.717, 1.165) is 43.1 Å². The monoisotopic (exact) mass is 377 g/mol. The van der Waals surface area contributed by atoms with E-state index in [9.17, 15) is 4.79 Å². The van der Waals surface area contributed by atoms with E-state index in [1.165, 1.54) is 0 Å². The molecule has 0 spiro atoms. The third kappa shape index (κ3) is 4.87. The van der Waals surface area contributed by atoms with Gasteiger partial charge >= 0.3 is 0 Å². The highest BCUT2D eigenvalue weighted by Gasteiger charge is 2.19. The Morgan fingerprint density at radius 2 is 1.93 bits per heavy atom. The molecule has 1 unspecified atom stereocenters. The molecule has 2 heterocycles. The zero-order chi connectivity index (χ0) is 19.2. The Morgan fingerprint density at radius 3 is 2.75 bits per heavy atom. The number of para-hydroxylation sites is 1. The molecular formula is C23H23NO4. The molecule has 5 nitrogen and oxygen atoms in total. The van der Waals surface area contributed by atoms with E-state index in [2.05, 4.69) is 5.16 Å². The number of carbonyl (C=O) groups is 1. The molecule has 1 saturated heterocycles. The number of benzene rings is 2. The van der Waals surface area contributed by atoms with Crippen LogP contribution < -0.4 is 4.74 Å². The van der Waals surface area contributed by atoms with Gasteiger partial charge in [0.15, 0.2) is 5.78 Å². The van der Waals surface area contributed by atoms with Crippen LogP contribution in [0, 0.1) is 5.92 Å². The Morgan fingerprint density at radius 1 is 1.07 bits per heavy atom. The summed E-state index contributed by atoms with van der Waals surface area (Å²) < 4.78 is 16.6. The summed E-state index contributed by atoms with van der Waals surface area (Å²) >= 11 is 0. The van der Waals surface area contributed by atoms with Crippen LogP contribution in [0.4, 0.5) is 0 Å². The summed E-state index contributed by atoms with van der Waals surface area (Å²) in [7, 11) is 0. The largest absolute Gasteiger partial charge is 0.457 e. The maximum Gasteiger partial charge on any atom is 0.184 e. The second-order valence-corrected chi connectivity index (χ2v) is 7.11. The van der Waals surface area contributed by atoms with Crippen molar-refractivity contribution in [1.29, 1.82) is 0 Å². The Kier molecular flexibility index (Phi) is 5.83.